The van der Waals surface area contributed by atoms with E-state index in [1.165, 1.54) is 7.11 Å². The highest BCUT2D eigenvalue weighted by molar-refractivity contribution is 6.13. The van der Waals surface area contributed by atoms with Crippen LogP contribution in [0, 0.1) is 0 Å². The van der Waals surface area contributed by atoms with Crippen LogP contribution >= 0.6 is 0 Å². The molecule has 0 unspecified atom stereocenters. The maximum atomic E-state index is 12.8. The Morgan fingerprint density at radius 1 is 0.867 bits per heavy atom. The summed E-state index contributed by atoms with van der Waals surface area (Å²) in [7, 11) is 1.41. The Kier molecular flexibility index (Phi) is 5.75. The highest BCUT2D eigenvalue weighted by Crippen LogP contribution is 2.30. The number of benzene rings is 3. The van der Waals surface area contributed by atoms with Crippen LogP contribution in [0.25, 0.3) is 10.9 Å². The van der Waals surface area contributed by atoms with Gasteiger partial charge in [-0.25, -0.2) is 4.79 Å². The normalized spacial score (nSPS) is 12.9. The molecule has 0 radical (unpaired) electrons. The van der Waals surface area contributed by atoms with E-state index in [-0.39, 0.29) is 11.9 Å². The highest BCUT2D eigenvalue weighted by Gasteiger charge is 2.29. The summed E-state index contributed by atoms with van der Waals surface area (Å²) < 4.78 is 5.16. The quantitative estimate of drug-likeness (QED) is 0.353. The van der Waals surface area contributed by atoms with Crippen molar-refractivity contribution in [2.24, 2.45) is 4.99 Å². The molecule has 4 nitrogen and oxygen atoms in total. The van der Waals surface area contributed by atoms with Crippen molar-refractivity contribution >= 4 is 22.6 Å². The van der Waals surface area contributed by atoms with Crippen molar-refractivity contribution in [3.05, 3.63) is 108 Å². The van der Waals surface area contributed by atoms with E-state index in [2.05, 4.69) is 11.1 Å². The third-order valence-electron chi connectivity index (χ3n) is 5.39. The minimum atomic E-state index is -0.676. The lowest BCUT2D eigenvalue weighted by atomic mass is 9.92. The van der Waals surface area contributed by atoms with E-state index in [0.29, 0.717) is 0 Å². The van der Waals surface area contributed by atoms with E-state index >= 15 is 0 Å². The number of aromatic amines is 1. The molecule has 4 heteroatoms. The van der Waals surface area contributed by atoms with Crippen molar-refractivity contribution in [1.82, 2.24) is 4.98 Å². The fourth-order valence-corrected chi connectivity index (χ4v) is 3.78. The van der Waals surface area contributed by atoms with Gasteiger partial charge in [-0.2, -0.15) is 0 Å². The van der Waals surface area contributed by atoms with E-state index in [4.69, 9.17) is 9.73 Å². The van der Waals surface area contributed by atoms with E-state index < -0.39 is 6.04 Å². The first kappa shape index (κ1) is 19.6. The van der Waals surface area contributed by atoms with Crippen molar-refractivity contribution in [2.75, 3.05) is 7.11 Å². The molecule has 0 bridgehead atoms. The summed E-state index contributed by atoms with van der Waals surface area (Å²) in [6.07, 6.45) is 1.96. The molecule has 0 saturated heterocycles. The van der Waals surface area contributed by atoms with Crippen LogP contribution in [0.5, 0.6) is 0 Å². The van der Waals surface area contributed by atoms with Crippen LogP contribution in [0.3, 0.4) is 0 Å². The third-order valence-corrected chi connectivity index (χ3v) is 5.39. The van der Waals surface area contributed by atoms with Crippen LogP contribution in [0.2, 0.25) is 0 Å². The zero-order chi connectivity index (χ0) is 20.9. The van der Waals surface area contributed by atoms with Crippen LogP contribution < -0.4 is 0 Å². The fraction of sp³-hybridized carbons (Fsp3) is 0.154. The van der Waals surface area contributed by atoms with Gasteiger partial charge in [0.25, 0.3) is 0 Å². The lowest BCUT2D eigenvalue weighted by Crippen LogP contribution is -2.28. The molecule has 1 N–H and O–H groups in total. The average molecular weight is 396 g/mol. The van der Waals surface area contributed by atoms with Gasteiger partial charge in [0.05, 0.1) is 12.8 Å². The van der Waals surface area contributed by atoms with Crippen LogP contribution in [-0.2, 0) is 9.53 Å². The number of ether oxygens (including phenoxy) is 1. The molecule has 0 fully saturated rings. The summed E-state index contributed by atoms with van der Waals surface area (Å²) >= 11 is 0. The second kappa shape index (κ2) is 8.78. The van der Waals surface area contributed by atoms with Crippen molar-refractivity contribution in [3.63, 3.8) is 0 Å². The standard InChI is InChI=1S/C26H24N2O2/c1-18(22-17-27-23-16-10-9-15-21(22)23)24(26(29)30-2)28-25(19-11-5-3-6-12-19)20-13-7-4-8-14-20/h3-18,24,27H,1-2H3/t18-,24-/m1/s1. The minimum Gasteiger partial charge on any atom is -0.467 e. The molecule has 4 rings (SSSR count). The molecule has 4 aromatic rings. The predicted molar refractivity (Wildman–Crippen MR) is 121 cm³/mol. The van der Waals surface area contributed by atoms with Gasteiger partial charge in [0.15, 0.2) is 6.04 Å². The molecular formula is C26H24N2O2. The predicted octanol–water partition coefficient (Wildman–Crippen LogP) is 5.35. The van der Waals surface area contributed by atoms with E-state index in [9.17, 15) is 4.79 Å². The van der Waals surface area contributed by atoms with Gasteiger partial charge in [-0.05, 0) is 11.6 Å². The lowest BCUT2D eigenvalue weighted by molar-refractivity contribution is -0.142. The van der Waals surface area contributed by atoms with Gasteiger partial charge < -0.3 is 9.72 Å². The van der Waals surface area contributed by atoms with Crippen molar-refractivity contribution in [1.29, 1.82) is 0 Å². The Morgan fingerprint density at radius 3 is 2.03 bits per heavy atom. The number of carbonyl (C=O) groups is 1. The number of para-hydroxylation sites is 1. The number of H-pyrrole nitrogens is 1. The van der Waals surface area contributed by atoms with Gasteiger partial charge in [-0.1, -0.05) is 85.8 Å². The number of carbonyl (C=O) groups excluding carboxylic acids is 1. The molecule has 0 saturated carbocycles. The number of aliphatic imine (C=N–C) groups is 1. The van der Waals surface area contributed by atoms with Gasteiger partial charge in [-0.3, -0.25) is 4.99 Å². The summed E-state index contributed by atoms with van der Waals surface area (Å²) in [6.45, 7) is 2.02. The van der Waals surface area contributed by atoms with E-state index in [1.54, 1.807) is 0 Å². The minimum absolute atomic E-state index is 0.170. The number of fused-ring (bicyclic) bond motifs is 1. The summed E-state index contributed by atoms with van der Waals surface area (Å²) in [5.41, 5.74) is 4.79. The van der Waals surface area contributed by atoms with Crippen LogP contribution in [-0.4, -0.2) is 29.8 Å². The molecule has 2 atom stereocenters. The average Bonchev–Trinajstić information content (AvgIpc) is 3.24. The zero-order valence-corrected chi connectivity index (χ0v) is 17.1. The first-order valence-corrected chi connectivity index (χ1v) is 10.0. The summed E-state index contributed by atoms with van der Waals surface area (Å²) in [6, 6.07) is 27.3. The molecular weight excluding hydrogens is 372 g/mol. The summed E-state index contributed by atoms with van der Waals surface area (Å²) in [4.78, 5) is 21.1. The number of rotatable bonds is 6. The topological polar surface area (TPSA) is 54.4 Å². The smallest absolute Gasteiger partial charge is 0.331 e. The van der Waals surface area contributed by atoms with Gasteiger partial charge in [0.2, 0.25) is 0 Å². The molecule has 3 aromatic carbocycles. The largest absolute Gasteiger partial charge is 0.467 e. The van der Waals surface area contributed by atoms with Crippen molar-refractivity contribution in [3.8, 4) is 0 Å². The maximum Gasteiger partial charge on any atom is 0.331 e. The zero-order valence-electron chi connectivity index (χ0n) is 17.1. The number of esters is 1. The Bertz CT molecular complexity index is 1120. The SMILES string of the molecule is COC(=O)[C@H](N=C(c1ccccc1)c1ccccc1)[C@H](C)c1c[nH]c2ccccc12. The molecule has 1 heterocycles. The van der Waals surface area contributed by atoms with Gasteiger partial charge >= 0.3 is 5.97 Å². The van der Waals surface area contributed by atoms with E-state index in [0.717, 1.165) is 33.3 Å². The number of hydrogen-bond donors (Lipinski definition) is 1. The van der Waals surface area contributed by atoms with Gasteiger partial charge in [-0.15, -0.1) is 0 Å². The highest BCUT2D eigenvalue weighted by atomic mass is 16.5. The molecule has 0 spiro atoms. The molecule has 1 aromatic heterocycles. The number of nitrogens with zero attached hydrogens (tertiary/aromatic N) is 1. The lowest BCUT2D eigenvalue weighted by Gasteiger charge is -2.20. The molecule has 0 aliphatic rings. The van der Waals surface area contributed by atoms with Crippen molar-refractivity contribution in [2.45, 2.75) is 18.9 Å². The fourth-order valence-electron chi connectivity index (χ4n) is 3.78. The second-order valence-electron chi connectivity index (χ2n) is 7.26. The summed E-state index contributed by atoms with van der Waals surface area (Å²) in [5.74, 6) is -0.520. The van der Waals surface area contributed by atoms with E-state index in [1.807, 2.05) is 92.0 Å². The van der Waals surface area contributed by atoms with Crippen LogP contribution in [0.15, 0.2) is 96.1 Å². The third kappa shape index (κ3) is 3.90. The number of nitrogens with one attached hydrogen (secondary N) is 1. The number of methoxy groups -OCH3 is 1. The molecule has 0 aliphatic carbocycles. The first-order valence-electron chi connectivity index (χ1n) is 10.0. The van der Waals surface area contributed by atoms with Gasteiger partial charge in [0, 0.05) is 34.1 Å². The number of aromatic nitrogens is 1. The molecule has 0 amide bonds. The Balaban J connectivity index is 1.84. The second-order valence-corrected chi connectivity index (χ2v) is 7.26. The Morgan fingerprint density at radius 2 is 1.43 bits per heavy atom. The first-order chi connectivity index (χ1) is 14.7. The van der Waals surface area contributed by atoms with Crippen molar-refractivity contribution < 1.29 is 9.53 Å². The monoisotopic (exact) mass is 396 g/mol. The van der Waals surface area contributed by atoms with Crippen LogP contribution in [0.4, 0.5) is 0 Å². The molecule has 150 valence electrons. The molecule has 30 heavy (non-hydrogen) atoms. The Labute approximate surface area is 176 Å². The maximum absolute atomic E-state index is 12.8. The van der Waals surface area contributed by atoms with Crippen LogP contribution in [0.1, 0.15) is 29.5 Å². The van der Waals surface area contributed by atoms with Gasteiger partial charge in [0.1, 0.15) is 0 Å². The number of hydrogen-bond acceptors (Lipinski definition) is 3. The Hall–Kier alpha value is -3.66. The summed E-state index contributed by atoms with van der Waals surface area (Å²) in [5, 5.41) is 1.09. The molecule has 0 aliphatic heterocycles.